The van der Waals surface area contributed by atoms with E-state index >= 15 is 0 Å². The quantitative estimate of drug-likeness (QED) is 0.430. The molecule has 35 heavy (non-hydrogen) atoms. The van der Waals surface area contributed by atoms with Crippen molar-refractivity contribution in [3.63, 3.8) is 0 Å². The highest BCUT2D eigenvalue weighted by molar-refractivity contribution is 5.92. The number of carbonyl (C=O) groups excluding carboxylic acids is 1. The van der Waals surface area contributed by atoms with Crippen molar-refractivity contribution in [1.29, 1.82) is 0 Å². The molecule has 3 heterocycles. The number of benzene rings is 1. The first kappa shape index (κ1) is 22.6. The molecule has 8 nitrogen and oxygen atoms in total. The predicted octanol–water partition coefficient (Wildman–Crippen LogP) is 4.33. The second-order valence-corrected chi connectivity index (χ2v) is 8.77. The average molecular weight is 473 g/mol. The zero-order valence-electron chi connectivity index (χ0n) is 19.4. The second kappa shape index (κ2) is 9.61. The van der Waals surface area contributed by atoms with Crippen LogP contribution >= 0.6 is 0 Å². The van der Waals surface area contributed by atoms with E-state index in [-0.39, 0.29) is 29.8 Å². The van der Waals surface area contributed by atoms with Gasteiger partial charge >= 0.3 is 0 Å². The van der Waals surface area contributed by atoms with E-state index in [9.17, 15) is 9.18 Å². The van der Waals surface area contributed by atoms with Crippen LogP contribution in [0.5, 0.6) is 5.75 Å². The number of nitrogens with one attached hydrogen (secondary N) is 1. The monoisotopic (exact) mass is 472 g/mol. The number of hydrogen-bond donors (Lipinski definition) is 1. The van der Waals surface area contributed by atoms with E-state index in [0.29, 0.717) is 47.3 Å². The highest BCUT2D eigenvalue weighted by atomic mass is 19.1. The van der Waals surface area contributed by atoms with Crippen molar-refractivity contribution in [2.75, 3.05) is 0 Å². The third kappa shape index (κ3) is 4.75. The summed E-state index contributed by atoms with van der Waals surface area (Å²) in [6, 6.07) is 15.3. The normalized spacial score (nSPS) is 17.1. The van der Waals surface area contributed by atoms with Crippen LogP contribution in [0.2, 0.25) is 0 Å². The van der Waals surface area contributed by atoms with Gasteiger partial charge in [-0.15, -0.1) is 10.2 Å². The molecule has 0 spiro atoms. The number of nitrogens with zero attached hydrogens (tertiary/aromatic N) is 5. The molecule has 5 rings (SSSR count). The van der Waals surface area contributed by atoms with Crippen LogP contribution in [0.4, 0.5) is 4.39 Å². The van der Waals surface area contributed by atoms with Crippen LogP contribution < -0.4 is 10.1 Å². The van der Waals surface area contributed by atoms with Gasteiger partial charge in [-0.3, -0.25) is 14.3 Å². The number of hydrogen-bond acceptors (Lipinski definition) is 6. The lowest BCUT2D eigenvalue weighted by Gasteiger charge is -2.35. The van der Waals surface area contributed by atoms with Gasteiger partial charge in [-0.25, -0.2) is 9.37 Å². The Morgan fingerprint density at radius 1 is 1.06 bits per heavy atom. The Morgan fingerprint density at radius 2 is 1.86 bits per heavy atom. The molecule has 1 fully saturated rings. The Bertz CT molecular complexity index is 1320. The van der Waals surface area contributed by atoms with Gasteiger partial charge in [0.2, 0.25) is 0 Å². The van der Waals surface area contributed by atoms with Crippen LogP contribution in [0.3, 0.4) is 0 Å². The third-order valence-corrected chi connectivity index (χ3v) is 5.85. The molecule has 0 radical (unpaired) electrons. The van der Waals surface area contributed by atoms with Gasteiger partial charge in [0.05, 0.1) is 18.0 Å². The van der Waals surface area contributed by atoms with E-state index in [1.54, 1.807) is 59.4 Å². The summed E-state index contributed by atoms with van der Waals surface area (Å²) in [5.74, 6) is 1.15. The number of pyridine rings is 2. The van der Waals surface area contributed by atoms with Gasteiger partial charge in [-0.2, -0.15) is 0 Å². The second-order valence-electron chi connectivity index (χ2n) is 8.77. The zero-order valence-corrected chi connectivity index (χ0v) is 19.4. The van der Waals surface area contributed by atoms with Crippen LogP contribution in [0.15, 0.2) is 67.0 Å². The van der Waals surface area contributed by atoms with Gasteiger partial charge < -0.3 is 10.1 Å². The Kier molecular flexibility index (Phi) is 6.22. The fourth-order valence-corrected chi connectivity index (χ4v) is 4.15. The maximum atomic E-state index is 14.9. The van der Waals surface area contributed by atoms with Crippen molar-refractivity contribution in [2.24, 2.45) is 0 Å². The Balaban J connectivity index is 1.40. The number of carbonyl (C=O) groups is 1. The van der Waals surface area contributed by atoms with Crippen LogP contribution in [0.25, 0.3) is 17.2 Å². The minimum Gasteiger partial charge on any atom is -0.489 e. The molecular weight excluding hydrogens is 447 g/mol. The van der Waals surface area contributed by atoms with Gasteiger partial charge in [0, 0.05) is 18.2 Å². The minimum absolute atomic E-state index is 0.00781. The van der Waals surface area contributed by atoms with Gasteiger partial charge in [-0.1, -0.05) is 18.2 Å². The Labute approximate surface area is 202 Å². The van der Waals surface area contributed by atoms with Gasteiger partial charge in [0.25, 0.3) is 5.91 Å². The number of rotatable bonds is 7. The van der Waals surface area contributed by atoms with E-state index < -0.39 is 0 Å². The van der Waals surface area contributed by atoms with Crippen LogP contribution in [-0.4, -0.2) is 42.8 Å². The molecule has 9 heteroatoms. The summed E-state index contributed by atoms with van der Waals surface area (Å²) in [5.41, 5.74) is 1.29. The Hall–Kier alpha value is -4.14. The first-order chi connectivity index (χ1) is 17.0. The summed E-state index contributed by atoms with van der Waals surface area (Å²) in [6.45, 7) is 3.89. The average Bonchev–Trinajstić information content (AvgIpc) is 3.26. The summed E-state index contributed by atoms with van der Waals surface area (Å²) < 4.78 is 22.3. The van der Waals surface area contributed by atoms with Gasteiger partial charge in [0.15, 0.2) is 5.82 Å². The van der Waals surface area contributed by atoms with Crippen LogP contribution in [0, 0.1) is 5.82 Å². The SMILES string of the molecule is CC(C)Oc1ccc(-c2nnc([C@H]3C[C@H](NC(=O)c4ccccn4)C3)n2-c2ccccc2F)nc1. The van der Waals surface area contributed by atoms with E-state index in [1.165, 1.54) is 6.07 Å². The summed E-state index contributed by atoms with van der Waals surface area (Å²) in [7, 11) is 0. The van der Waals surface area contributed by atoms with Crippen molar-refractivity contribution < 1.29 is 13.9 Å². The molecule has 1 saturated carbocycles. The summed E-state index contributed by atoms with van der Waals surface area (Å²) in [5, 5.41) is 11.8. The molecule has 3 aromatic heterocycles. The molecule has 0 atom stereocenters. The van der Waals surface area contributed by atoms with E-state index in [4.69, 9.17) is 4.74 Å². The fraction of sp³-hybridized carbons (Fsp3) is 0.269. The largest absolute Gasteiger partial charge is 0.489 e. The summed E-state index contributed by atoms with van der Waals surface area (Å²) in [4.78, 5) is 21.0. The number of para-hydroxylation sites is 1. The molecule has 0 aliphatic heterocycles. The Morgan fingerprint density at radius 3 is 2.54 bits per heavy atom. The van der Waals surface area contributed by atoms with Crippen molar-refractivity contribution in [3.8, 4) is 23.0 Å². The standard InChI is InChI=1S/C26H25FN6O2/c1-16(2)35-19-10-11-21(29-15-19)25-32-31-24(33(25)23-9-4-3-7-20(23)27)17-13-18(14-17)30-26(34)22-8-5-6-12-28-22/h3-12,15-18H,13-14H2,1-2H3,(H,30,34)/t17-,18-. The van der Waals surface area contributed by atoms with E-state index in [0.717, 1.165) is 0 Å². The molecule has 1 aromatic carbocycles. The van der Waals surface area contributed by atoms with Gasteiger partial charge in [-0.05, 0) is 63.1 Å². The lowest BCUT2D eigenvalue weighted by molar-refractivity contribution is 0.0902. The number of aromatic nitrogens is 5. The lowest BCUT2D eigenvalue weighted by Crippen LogP contribution is -2.44. The molecule has 0 bridgehead atoms. The lowest BCUT2D eigenvalue weighted by atomic mass is 9.79. The predicted molar refractivity (Wildman–Crippen MR) is 128 cm³/mol. The zero-order chi connectivity index (χ0) is 24.4. The molecule has 1 amide bonds. The number of amides is 1. The topological polar surface area (TPSA) is 94.8 Å². The fourth-order valence-electron chi connectivity index (χ4n) is 4.15. The molecule has 4 aromatic rings. The molecular formula is C26H25FN6O2. The maximum Gasteiger partial charge on any atom is 0.270 e. The smallest absolute Gasteiger partial charge is 0.270 e. The molecule has 1 aliphatic rings. The van der Waals surface area contributed by atoms with Crippen molar-refractivity contribution in [1.82, 2.24) is 30.0 Å². The van der Waals surface area contributed by atoms with Crippen molar-refractivity contribution in [2.45, 2.75) is 44.8 Å². The number of halogens is 1. The molecule has 0 saturated heterocycles. The first-order valence-corrected chi connectivity index (χ1v) is 11.5. The molecule has 0 unspecified atom stereocenters. The first-order valence-electron chi connectivity index (χ1n) is 11.5. The third-order valence-electron chi connectivity index (χ3n) is 5.85. The summed E-state index contributed by atoms with van der Waals surface area (Å²) in [6.07, 6.45) is 4.58. The van der Waals surface area contributed by atoms with E-state index in [1.807, 2.05) is 19.9 Å². The summed E-state index contributed by atoms with van der Waals surface area (Å²) >= 11 is 0. The highest BCUT2D eigenvalue weighted by Crippen LogP contribution is 2.39. The minimum atomic E-state index is -0.381. The van der Waals surface area contributed by atoms with Crippen LogP contribution in [-0.2, 0) is 0 Å². The van der Waals surface area contributed by atoms with Crippen molar-refractivity contribution in [3.05, 3.63) is 84.3 Å². The van der Waals surface area contributed by atoms with Crippen LogP contribution in [0.1, 0.15) is 48.9 Å². The number of ether oxygens (including phenoxy) is 1. The highest BCUT2D eigenvalue weighted by Gasteiger charge is 2.36. The maximum absolute atomic E-state index is 14.9. The van der Waals surface area contributed by atoms with E-state index in [2.05, 4.69) is 25.5 Å². The molecule has 178 valence electrons. The molecule has 1 N–H and O–H groups in total. The van der Waals surface area contributed by atoms with Gasteiger partial charge in [0.1, 0.15) is 28.8 Å². The molecule has 1 aliphatic carbocycles. The van der Waals surface area contributed by atoms with Crippen molar-refractivity contribution >= 4 is 5.91 Å².